The molecular formula is C13H17NO2. The van der Waals surface area contributed by atoms with Crippen molar-refractivity contribution in [3.05, 3.63) is 23.8 Å². The van der Waals surface area contributed by atoms with Gasteiger partial charge in [-0.1, -0.05) is 13.0 Å². The summed E-state index contributed by atoms with van der Waals surface area (Å²) in [4.78, 5) is 0. The number of ether oxygens (including phenoxy) is 2. The fourth-order valence-electron chi connectivity index (χ4n) is 1.58. The molecule has 0 fully saturated rings. The maximum Gasteiger partial charge on any atom is 0.161 e. The molecule has 0 aliphatic carbocycles. The van der Waals surface area contributed by atoms with Crippen molar-refractivity contribution in [2.45, 2.75) is 26.2 Å². The molecule has 0 N–H and O–H groups in total. The van der Waals surface area contributed by atoms with Crippen molar-refractivity contribution in [1.29, 1.82) is 5.26 Å². The average Bonchev–Trinajstić information content (AvgIpc) is 2.31. The summed E-state index contributed by atoms with van der Waals surface area (Å²) in [6.45, 7) is 4.51. The number of benzene rings is 1. The van der Waals surface area contributed by atoms with Gasteiger partial charge in [-0.2, -0.15) is 5.26 Å². The summed E-state index contributed by atoms with van der Waals surface area (Å²) in [6, 6.07) is 7.93. The van der Waals surface area contributed by atoms with Crippen LogP contribution in [0.2, 0.25) is 0 Å². The molecule has 0 aromatic heterocycles. The largest absolute Gasteiger partial charge is 0.493 e. The van der Waals surface area contributed by atoms with Gasteiger partial charge in [-0.25, -0.2) is 0 Å². The molecule has 0 amide bonds. The molecule has 1 rings (SSSR count). The second-order valence-corrected chi connectivity index (χ2v) is 3.43. The molecule has 0 aliphatic rings. The Morgan fingerprint density at radius 3 is 2.56 bits per heavy atom. The lowest BCUT2D eigenvalue weighted by Gasteiger charge is -2.12. The molecule has 86 valence electrons. The summed E-state index contributed by atoms with van der Waals surface area (Å²) in [6.07, 6.45) is 0.800. The van der Waals surface area contributed by atoms with Crippen molar-refractivity contribution in [3.8, 4) is 17.6 Å². The average molecular weight is 219 g/mol. The highest BCUT2D eigenvalue weighted by Gasteiger charge is 2.11. The lowest BCUT2D eigenvalue weighted by atomic mass is 9.98. The molecule has 1 atom stereocenters. The number of methoxy groups -OCH3 is 1. The predicted molar refractivity (Wildman–Crippen MR) is 62.8 cm³/mol. The minimum atomic E-state index is -0.0786. The molecule has 1 aromatic rings. The molecular weight excluding hydrogens is 202 g/mol. The van der Waals surface area contributed by atoms with Crippen LogP contribution < -0.4 is 9.47 Å². The number of hydrogen-bond donors (Lipinski definition) is 0. The van der Waals surface area contributed by atoms with E-state index in [1.54, 1.807) is 7.11 Å². The van der Waals surface area contributed by atoms with Crippen LogP contribution in [-0.2, 0) is 0 Å². The summed E-state index contributed by atoms with van der Waals surface area (Å²) in [5.41, 5.74) is 0.981. The molecule has 0 radical (unpaired) electrons. The smallest absolute Gasteiger partial charge is 0.161 e. The van der Waals surface area contributed by atoms with Gasteiger partial charge in [-0.3, -0.25) is 0 Å². The first-order valence-electron chi connectivity index (χ1n) is 5.47. The molecule has 1 unspecified atom stereocenters. The predicted octanol–water partition coefficient (Wildman–Crippen LogP) is 3.11. The van der Waals surface area contributed by atoms with E-state index in [0.29, 0.717) is 18.1 Å². The van der Waals surface area contributed by atoms with Gasteiger partial charge in [0.2, 0.25) is 0 Å². The van der Waals surface area contributed by atoms with Gasteiger partial charge in [0.25, 0.3) is 0 Å². The minimum absolute atomic E-state index is 0.0786. The standard InChI is InChI=1S/C13H17NO2/c1-4-10(9-14)11-6-7-12(15-3)13(8-11)16-5-2/h6-8,10H,4-5H2,1-3H3. The second-order valence-electron chi connectivity index (χ2n) is 3.43. The highest BCUT2D eigenvalue weighted by molar-refractivity contribution is 5.45. The van der Waals surface area contributed by atoms with Gasteiger partial charge in [-0.05, 0) is 31.0 Å². The summed E-state index contributed by atoms with van der Waals surface area (Å²) in [7, 11) is 1.61. The summed E-state index contributed by atoms with van der Waals surface area (Å²) in [5.74, 6) is 1.33. The topological polar surface area (TPSA) is 42.2 Å². The molecule has 0 aliphatic heterocycles. The van der Waals surface area contributed by atoms with Crippen molar-refractivity contribution < 1.29 is 9.47 Å². The van der Waals surface area contributed by atoms with E-state index in [1.165, 1.54) is 0 Å². The van der Waals surface area contributed by atoms with E-state index in [1.807, 2.05) is 32.0 Å². The van der Waals surface area contributed by atoms with Crippen LogP contribution >= 0.6 is 0 Å². The highest BCUT2D eigenvalue weighted by atomic mass is 16.5. The summed E-state index contributed by atoms with van der Waals surface area (Å²) >= 11 is 0. The Labute approximate surface area is 96.6 Å². The maximum absolute atomic E-state index is 9.00. The normalized spacial score (nSPS) is 11.6. The molecule has 0 saturated heterocycles. The SMILES string of the molecule is CCOc1cc(C(C#N)CC)ccc1OC. The van der Waals surface area contributed by atoms with E-state index in [-0.39, 0.29) is 5.92 Å². The third-order valence-electron chi connectivity index (χ3n) is 2.45. The van der Waals surface area contributed by atoms with E-state index in [0.717, 1.165) is 12.0 Å². The Hall–Kier alpha value is -1.69. The van der Waals surface area contributed by atoms with Crippen molar-refractivity contribution in [2.24, 2.45) is 0 Å². The Morgan fingerprint density at radius 1 is 1.31 bits per heavy atom. The first-order valence-corrected chi connectivity index (χ1v) is 5.47. The summed E-state index contributed by atoms with van der Waals surface area (Å²) in [5, 5.41) is 9.00. The second kappa shape index (κ2) is 6.02. The number of nitrogens with zero attached hydrogens (tertiary/aromatic N) is 1. The fraction of sp³-hybridized carbons (Fsp3) is 0.462. The van der Waals surface area contributed by atoms with Crippen LogP contribution in [0.15, 0.2) is 18.2 Å². The van der Waals surface area contributed by atoms with Crippen LogP contribution in [0.1, 0.15) is 31.7 Å². The zero-order chi connectivity index (χ0) is 12.0. The van der Waals surface area contributed by atoms with Gasteiger partial charge in [0.1, 0.15) is 0 Å². The van der Waals surface area contributed by atoms with E-state index >= 15 is 0 Å². The number of hydrogen-bond acceptors (Lipinski definition) is 3. The lowest BCUT2D eigenvalue weighted by Crippen LogP contribution is -1.99. The molecule has 0 bridgehead atoms. The van der Waals surface area contributed by atoms with E-state index in [4.69, 9.17) is 14.7 Å². The zero-order valence-electron chi connectivity index (χ0n) is 9.99. The Balaban J connectivity index is 3.06. The van der Waals surface area contributed by atoms with Gasteiger partial charge >= 0.3 is 0 Å². The zero-order valence-corrected chi connectivity index (χ0v) is 9.99. The van der Waals surface area contributed by atoms with E-state index in [9.17, 15) is 0 Å². The van der Waals surface area contributed by atoms with E-state index < -0.39 is 0 Å². The van der Waals surface area contributed by atoms with Gasteiger partial charge in [-0.15, -0.1) is 0 Å². The summed E-state index contributed by atoms with van der Waals surface area (Å²) < 4.78 is 10.7. The first kappa shape index (κ1) is 12.4. The monoisotopic (exact) mass is 219 g/mol. The van der Waals surface area contributed by atoms with Crippen LogP contribution in [0, 0.1) is 11.3 Å². The van der Waals surface area contributed by atoms with Gasteiger partial charge in [0, 0.05) is 0 Å². The van der Waals surface area contributed by atoms with Crippen molar-refractivity contribution in [1.82, 2.24) is 0 Å². The Bertz CT molecular complexity index is 382. The molecule has 3 heteroatoms. The fourth-order valence-corrected chi connectivity index (χ4v) is 1.58. The van der Waals surface area contributed by atoms with Crippen LogP contribution in [0.25, 0.3) is 0 Å². The quantitative estimate of drug-likeness (QED) is 0.764. The highest BCUT2D eigenvalue weighted by Crippen LogP contribution is 2.31. The van der Waals surface area contributed by atoms with Crippen LogP contribution in [0.3, 0.4) is 0 Å². The lowest BCUT2D eigenvalue weighted by molar-refractivity contribution is 0.310. The van der Waals surface area contributed by atoms with Crippen molar-refractivity contribution in [3.63, 3.8) is 0 Å². The van der Waals surface area contributed by atoms with Crippen molar-refractivity contribution in [2.75, 3.05) is 13.7 Å². The van der Waals surface area contributed by atoms with Crippen LogP contribution in [0.5, 0.6) is 11.5 Å². The third kappa shape index (κ3) is 2.66. The van der Waals surface area contributed by atoms with Crippen LogP contribution in [-0.4, -0.2) is 13.7 Å². The molecule has 16 heavy (non-hydrogen) atoms. The van der Waals surface area contributed by atoms with Gasteiger partial charge in [0.05, 0.1) is 25.7 Å². The maximum atomic E-state index is 9.00. The first-order chi connectivity index (χ1) is 7.76. The molecule has 0 spiro atoms. The van der Waals surface area contributed by atoms with Gasteiger partial charge < -0.3 is 9.47 Å². The minimum Gasteiger partial charge on any atom is -0.493 e. The Morgan fingerprint density at radius 2 is 2.06 bits per heavy atom. The third-order valence-corrected chi connectivity index (χ3v) is 2.45. The molecule has 1 aromatic carbocycles. The number of nitriles is 1. The van der Waals surface area contributed by atoms with Crippen molar-refractivity contribution >= 4 is 0 Å². The number of rotatable bonds is 5. The van der Waals surface area contributed by atoms with Crippen LogP contribution in [0.4, 0.5) is 0 Å². The Kier molecular flexibility index (Phi) is 4.65. The van der Waals surface area contributed by atoms with Gasteiger partial charge in [0.15, 0.2) is 11.5 Å². The molecule has 0 heterocycles. The van der Waals surface area contributed by atoms with E-state index in [2.05, 4.69) is 6.07 Å². The molecule has 0 saturated carbocycles. The molecule has 3 nitrogen and oxygen atoms in total.